The van der Waals surface area contributed by atoms with Crippen LogP contribution in [0.5, 0.6) is 0 Å². The molecule has 1 fully saturated rings. The van der Waals surface area contributed by atoms with Crippen molar-refractivity contribution in [2.24, 2.45) is 10.7 Å². The number of pyridine rings is 1. The first kappa shape index (κ1) is 17.5. The molecule has 1 aliphatic heterocycles. The van der Waals surface area contributed by atoms with E-state index in [1.54, 1.807) is 19.4 Å². The fourth-order valence-electron chi connectivity index (χ4n) is 2.81. The summed E-state index contributed by atoms with van der Waals surface area (Å²) in [6.45, 7) is 4.94. The van der Waals surface area contributed by atoms with Gasteiger partial charge in [0, 0.05) is 51.2 Å². The minimum absolute atomic E-state index is 0.251. The molecule has 3 heterocycles. The van der Waals surface area contributed by atoms with Gasteiger partial charge in [-0.1, -0.05) is 11.8 Å². The highest BCUT2D eigenvalue weighted by molar-refractivity contribution is 5.78. The van der Waals surface area contributed by atoms with Crippen molar-refractivity contribution >= 4 is 17.7 Å². The van der Waals surface area contributed by atoms with Crippen LogP contribution in [0, 0.1) is 18.8 Å². The Balaban J connectivity index is 1.89. The van der Waals surface area contributed by atoms with Crippen molar-refractivity contribution in [3.05, 3.63) is 41.3 Å². The molecule has 0 spiro atoms. The van der Waals surface area contributed by atoms with Crippen LogP contribution in [0.25, 0.3) is 0 Å². The van der Waals surface area contributed by atoms with Gasteiger partial charge in [0.2, 0.25) is 5.95 Å². The maximum Gasteiger partial charge on any atom is 0.222 e. The summed E-state index contributed by atoms with van der Waals surface area (Å²) in [5.74, 6) is 7.89. The number of nitrogens with two attached hydrogens (primary N) is 2. The molecule has 0 atom stereocenters. The molecule has 1 aliphatic rings. The predicted octanol–water partition coefficient (Wildman–Crippen LogP) is 0.229. The van der Waals surface area contributed by atoms with Crippen molar-refractivity contribution in [1.82, 2.24) is 19.9 Å². The van der Waals surface area contributed by atoms with E-state index in [1.165, 1.54) is 0 Å². The SMILES string of the molecule is CN=C(N)N1CCN(c2nc(N)nc(C)c2C#Cc2cccnc2)CC1. The number of hydrogen-bond acceptors (Lipinski definition) is 6. The van der Waals surface area contributed by atoms with Crippen LogP contribution < -0.4 is 16.4 Å². The fraction of sp³-hybridized carbons (Fsp3) is 0.333. The summed E-state index contributed by atoms with van der Waals surface area (Å²) in [6.07, 6.45) is 3.45. The molecule has 26 heavy (non-hydrogen) atoms. The summed E-state index contributed by atoms with van der Waals surface area (Å²) in [4.78, 5) is 21.1. The van der Waals surface area contributed by atoms with Gasteiger partial charge in [0.25, 0.3) is 0 Å². The van der Waals surface area contributed by atoms with Crippen molar-refractivity contribution in [3.8, 4) is 11.8 Å². The molecule has 8 nitrogen and oxygen atoms in total. The molecule has 134 valence electrons. The van der Waals surface area contributed by atoms with Gasteiger partial charge < -0.3 is 21.3 Å². The Morgan fingerprint density at radius 2 is 1.96 bits per heavy atom. The number of nitrogen functional groups attached to an aromatic ring is 1. The summed E-state index contributed by atoms with van der Waals surface area (Å²) in [7, 11) is 1.70. The highest BCUT2D eigenvalue weighted by atomic mass is 15.3. The second-order valence-electron chi connectivity index (χ2n) is 5.91. The molecule has 0 amide bonds. The van der Waals surface area contributed by atoms with Crippen molar-refractivity contribution in [3.63, 3.8) is 0 Å². The van der Waals surface area contributed by atoms with Gasteiger partial charge in [0.15, 0.2) is 5.96 Å². The minimum Gasteiger partial charge on any atom is -0.370 e. The zero-order chi connectivity index (χ0) is 18.5. The van der Waals surface area contributed by atoms with Crippen LogP contribution in [-0.2, 0) is 0 Å². The van der Waals surface area contributed by atoms with Crippen LogP contribution in [0.1, 0.15) is 16.8 Å². The highest BCUT2D eigenvalue weighted by Crippen LogP contribution is 2.22. The second kappa shape index (κ2) is 7.70. The van der Waals surface area contributed by atoms with Gasteiger partial charge in [0.05, 0.1) is 11.3 Å². The predicted molar refractivity (Wildman–Crippen MR) is 103 cm³/mol. The Kier molecular flexibility index (Phi) is 5.17. The van der Waals surface area contributed by atoms with Crippen molar-refractivity contribution < 1.29 is 0 Å². The van der Waals surface area contributed by atoms with E-state index in [9.17, 15) is 0 Å². The molecule has 0 radical (unpaired) electrons. The van der Waals surface area contributed by atoms with Crippen LogP contribution in [-0.4, -0.2) is 59.0 Å². The number of aromatic nitrogens is 3. The quantitative estimate of drug-likeness (QED) is 0.430. The van der Waals surface area contributed by atoms with Crippen LogP contribution in [0.4, 0.5) is 11.8 Å². The lowest BCUT2D eigenvalue weighted by molar-refractivity contribution is 0.380. The lowest BCUT2D eigenvalue weighted by atomic mass is 10.1. The Hall–Kier alpha value is -3.34. The van der Waals surface area contributed by atoms with Crippen LogP contribution in [0.2, 0.25) is 0 Å². The summed E-state index contributed by atoms with van der Waals surface area (Å²) in [5, 5.41) is 0. The molecule has 0 aliphatic carbocycles. The Labute approximate surface area is 153 Å². The Morgan fingerprint density at radius 1 is 1.19 bits per heavy atom. The Bertz CT molecular complexity index is 858. The van der Waals surface area contributed by atoms with Crippen LogP contribution in [0.15, 0.2) is 29.5 Å². The molecule has 4 N–H and O–H groups in total. The number of aryl methyl sites for hydroxylation is 1. The van der Waals surface area contributed by atoms with Crippen LogP contribution in [0.3, 0.4) is 0 Å². The third kappa shape index (κ3) is 3.83. The van der Waals surface area contributed by atoms with Gasteiger partial charge in [-0.25, -0.2) is 4.98 Å². The number of hydrogen-bond donors (Lipinski definition) is 2. The standard InChI is InChI=1S/C18H22N8/c1-13-15(6-5-14-4-3-7-22-12-14)16(24-17(19)23-13)25-8-10-26(11-9-25)18(20)21-2/h3-4,7,12H,8-11H2,1-2H3,(H2,20,21)(H2,19,23,24). The van der Waals surface area contributed by atoms with E-state index in [1.807, 2.05) is 19.1 Å². The van der Waals surface area contributed by atoms with Crippen LogP contribution >= 0.6 is 0 Å². The van der Waals surface area contributed by atoms with Gasteiger partial charge in [-0.15, -0.1) is 0 Å². The van der Waals surface area contributed by atoms with E-state index in [2.05, 4.69) is 41.6 Å². The average Bonchev–Trinajstić information content (AvgIpc) is 2.67. The first-order chi connectivity index (χ1) is 12.6. The Morgan fingerprint density at radius 3 is 2.62 bits per heavy atom. The summed E-state index contributed by atoms with van der Waals surface area (Å²) < 4.78 is 0. The third-order valence-corrected chi connectivity index (χ3v) is 4.21. The van der Waals surface area contributed by atoms with E-state index in [0.29, 0.717) is 5.96 Å². The molecule has 2 aromatic heterocycles. The number of guanidine groups is 1. The second-order valence-corrected chi connectivity index (χ2v) is 5.91. The van der Waals surface area contributed by atoms with E-state index in [4.69, 9.17) is 11.5 Å². The zero-order valence-electron chi connectivity index (χ0n) is 15.0. The highest BCUT2D eigenvalue weighted by Gasteiger charge is 2.22. The molecule has 2 aromatic rings. The van der Waals surface area contributed by atoms with E-state index >= 15 is 0 Å². The topological polar surface area (TPSA) is 110 Å². The molecule has 8 heteroatoms. The van der Waals surface area contributed by atoms with E-state index in [0.717, 1.165) is 48.8 Å². The normalized spacial score (nSPS) is 14.8. The van der Waals surface area contributed by atoms with Crippen molar-refractivity contribution in [2.75, 3.05) is 43.9 Å². The number of anilines is 2. The lowest BCUT2D eigenvalue weighted by Crippen LogP contribution is -2.51. The number of piperazine rings is 1. The van der Waals surface area contributed by atoms with E-state index < -0.39 is 0 Å². The summed E-state index contributed by atoms with van der Waals surface area (Å²) >= 11 is 0. The zero-order valence-corrected chi connectivity index (χ0v) is 15.0. The van der Waals surface area contributed by atoms with Gasteiger partial charge >= 0.3 is 0 Å². The molecule has 1 saturated heterocycles. The van der Waals surface area contributed by atoms with Gasteiger partial charge in [-0.05, 0) is 19.1 Å². The fourth-order valence-corrected chi connectivity index (χ4v) is 2.81. The maximum absolute atomic E-state index is 5.91. The molecular formula is C18H22N8. The van der Waals surface area contributed by atoms with E-state index in [-0.39, 0.29) is 5.95 Å². The molecule has 3 rings (SSSR count). The first-order valence-corrected chi connectivity index (χ1v) is 8.37. The lowest BCUT2D eigenvalue weighted by Gasteiger charge is -2.36. The van der Waals surface area contributed by atoms with Gasteiger partial charge in [-0.2, -0.15) is 4.98 Å². The first-order valence-electron chi connectivity index (χ1n) is 8.37. The number of nitrogens with zero attached hydrogens (tertiary/aromatic N) is 6. The number of aliphatic imine (C=N–C) groups is 1. The summed E-state index contributed by atoms with van der Waals surface area (Å²) in [6, 6.07) is 3.77. The van der Waals surface area contributed by atoms with Crippen molar-refractivity contribution in [1.29, 1.82) is 0 Å². The van der Waals surface area contributed by atoms with Gasteiger partial charge in [-0.3, -0.25) is 9.98 Å². The smallest absolute Gasteiger partial charge is 0.222 e. The number of rotatable bonds is 1. The third-order valence-electron chi connectivity index (χ3n) is 4.21. The molecule has 0 saturated carbocycles. The summed E-state index contributed by atoms with van der Waals surface area (Å²) in [5.41, 5.74) is 14.2. The maximum atomic E-state index is 5.91. The molecule has 0 aromatic carbocycles. The minimum atomic E-state index is 0.251. The molecule has 0 unspecified atom stereocenters. The van der Waals surface area contributed by atoms with Gasteiger partial charge in [0.1, 0.15) is 5.82 Å². The van der Waals surface area contributed by atoms with Crippen molar-refractivity contribution in [2.45, 2.75) is 6.92 Å². The average molecular weight is 350 g/mol. The molecular weight excluding hydrogens is 328 g/mol. The largest absolute Gasteiger partial charge is 0.370 e. The molecule has 0 bridgehead atoms. The monoisotopic (exact) mass is 350 g/mol.